The van der Waals surface area contributed by atoms with Crippen molar-refractivity contribution in [3.8, 4) is 0 Å². The predicted octanol–water partition coefficient (Wildman–Crippen LogP) is 7.31. The fourth-order valence-corrected chi connectivity index (χ4v) is 1.41. The topological polar surface area (TPSA) is 55.8 Å². The summed E-state index contributed by atoms with van der Waals surface area (Å²) in [5.41, 5.74) is -17.9. The summed E-state index contributed by atoms with van der Waals surface area (Å²) in [5, 5.41) is 7.94. The lowest BCUT2D eigenvalue weighted by molar-refractivity contribution is -0.449. The highest BCUT2D eigenvalue weighted by molar-refractivity contribution is 5.62. The minimum Gasteiger partial charge on any atom is -0.408 e. The van der Waals surface area contributed by atoms with Gasteiger partial charge in [-0.3, -0.25) is 0 Å². The highest BCUT2D eigenvalue weighted by atomic mass is 19.4. The number of rotatable bonds is 2. The Morgan fingerprint density at radius 2 is 0.684 bits per heavy atom. The highest BCUT2D eigenvalue weighted by Gasteiger charge is 2.88. The van der Waals surface area contributed by atoms with E-state index in [0.29, 0.717) is 0 Å². The van der Waals surface area contributed by atoms with Crippen LogP contribution in [0.5, 0.6) is 0 Å². The normalized spacial score (nSPS) is 15.5. The van der Waals surface area contributed by atoms with Crippen LogP contribution in [0, 0.1) is 0 Å². The molecule has 0 aliphatic carbocycles. The van der Waals surface area contributed by atoms with Crippen molar-refractivity contribution in [3.05, 3.63) is 0 Å². The molecule has 25 heteroatoms. The van der Waals surface area contributed by atoms with E-state index in [0.717, 1.165) is 0 Å². The number of aliphatic hydroxyl groups is 1. The molecule has 0 aromatic carbocycles. The third-order valence-electron chi connectivity index (χ3n) is 3.91. The average molecular weight is 626 g/mol. The third kappa shape index (κ3) is 7.24. The fourth-order valence-electron chi connectivity index (χ4n) is 1.41. The minimum atomic E-state index is -7.59. The lowest BCUT2D eigenvalue weighted by Crippen LogP contribution is -2.69. The van der Waals surface area contributed by atoms with Crippen molar-refractivity contribution in [3.63, 3.8) is 0 Å². The first-order valence-electron chi connectivity index (χ1n) is 7.96. The Bertz CT molecular complexity index is 734. The fraction of sp³-hybridized carbons (Fsp3) is 0.923. The maximum absolute atomic E-state index is 12.4. The Hall–Kier alpha value is -2.24. The van der Waals surface area contributed by atoms with Crippen molar-refractivity contribution in [2.75, 3.05) is 0 Å². The van der Waals surface area contributed by atoms with E-state index < -0.39 is 73.1 Å². The zero-order chi connectivity index (χ0) is 32.0. The zero-order valence-electron chi connectivity index (χ0n) is 17.1. The number of carbonyl (C=O) groups is 1. The van der Waals surface area contributed by atoms with Crippen LogP contribution in [0.15, 0.2) is 0 Å². The molecule has 0 heterocycles. The largest absolute Gasteiger partial charge is 0.511 e. The maximum atomic E-state index is 12.4. The van der Waals surface area contributed by atoms with Crippen LogP contribution in [0.3, 0.4) is 0 Å². The molecule has 0 saturated carbocycles. The van der Waals surface area contributed by atoms with Crippen molar-refractivity contribution in [2.45, 2.75) is 73.9 Å². The van der Waals surface area contributed by atoms with Crippen LogP contribution in [0.1, 0.15) is 13.8 Å². The maximum Gasteiger partial charge on any atom is 0.511 e. The summed E-state index contributed by atoms with van der Waals surface area (Å²) in [6, 6.07) is 0. The summed E-state index contributed by atoms with van der Waals surface area (Å²) < 4.78 is 258. The van der Waals surface area contributed by atoms with E-state index in [2.05, 4.69) is 4.74 Å². The molecule has 0 unspecified atom stereocenters. The standard InChI is InChI=1S/C9H3F15O3.C4H4F6O/c1-3(5(10,11)12,6(13,14)15)26-2(25)27-4(7(16,17)18,8(19,20)21)9(22,23)24;1-2(11,3(5,6)7)4(8,9)10/h1H3;11H,1H3. The molecule has 0 radical (unpaired) electrons. The van der Waals surface area contributed by atoms with Crippen molar-refractivity contribution in [1.29, 1.82) is 0 Å². The second-order valence-electron chi connectivity index (χ2n) is 6.73. The molecule has 0 bridgehead atoms. The van der Waals surface area contributed by atoms with E-state index in [-0.39, 0.29) is 6.92 Å². The Morgan fingerprint density at radius 3 is 0.816 bits per heavy atom. The van der Waals surface area contributed by atoms with Gasteiger partial charge in [-0.25, -0.2) is 4.79 Å². The van der Waals surface area contributed by atoms with Crippen molar-refractivity contribution < 1.29 is 112 Å². The second kappa shape index (κ2) is 10.1. The van der Waals surface area contributed by atoms with Gasteiger partial charge in [0.1, 0.15) is 0 Å². The monoisotopic (exact) mass is 626 g/mol. The first-order chi connectivity index (χ1) is 15.9. The van der Waals surface area contributed by atoms with E-state index in [1.54, 1.807) is 0 Å². The van der Waals surface area contributed by atoms with E-state index in [9.17, 15) is 97.0 Å². The van der Waals surface area contributed by atoms with Gasteiger partial charge in [-0.2, -0.15) is 92.2 Å². The molecule has 0 atom stereocenters. The van der Waals surface area contributed by atoms with Gasteiger partial charge in [-0.15, -0.1) is 0 Å². The molecule has 0 saturated heterocycles. The Morgan fingerprint density at radius 1 is 0.447 bits per heavy atom. The average Bonchev–Trinajstić information content (AvgIpc) is 2.52. The van der Waals surface area contributed by atoms with Gasteiger partial charge < -0.3 is 14.6 Å². The molecule has 0 amide bonds. The molecule has 1 N–H and O–H groups in total. The molecule has 0 fully saturated rings. The van der Waals surface area contributed by atoms with Gasteiger partial charge in [0.25, 0.3) is 5.60 Å². The van der Waals surface area contributed by atoms with E-state index >= 15 is 0 Å². The molecule has 38 heavy (non-hydrogen) atoms. The summed E-state index contributed by atoms with van der Waals surface area (Å²) >= 11 is 0. The molecule has 230 valence electrons. The summed E-state index contributed by atoms with van der Waals surface area (Å²) in [4.78, 5) is 10.8. The molecular weight excluding hydrogens is 619 g/mol. The summed E-state index contributed by atoms with van der Waals surface area (Å²) in [6.45, 7) is -1.42. The van der Waals surface area contributed by atoms with Crippen LogP contribution in [-0.4, -0.2) is 71.3 Å². The second-order valence-corrected chi connectivity index (χ2v) is 6.73. The first kappa shape index (κ1) is 37.9. The van der Waals surface area contributed by atoms with E-state index in [1.807, 2.05) is 4.74 Å². The quantitative estimate of drug-likeness (QED) is 0.258. The van der Waals surface area contributed by atoms with Gasteiger partial charge >= 0.3 is 60.6 Å². The lowest BCUT2D eigenvalue weighted by Gasteiger charge is -2.38. The van der Waals surface area contributed by atoms with Gasteiger partial charge in [0.15, 0.2) is 0 Å². The van der Waals surface area contributed by atoms with Gasteiger partial charge in [0.2, 0.25) is 0 Å². The Kier molecular flexibility index (Phi) is 10.0. The van der Waals surface area contributed by atoms with Crippen LogP contribution in [0.2, 0.25) is 0 Å². The molecule has 4 nitrogen and oxygen atoms in total. The molecular formula is C13H7F21O4. The number of ether oxygens (including phenoxy) is 2. The molecule has 0 aliphatic heterocycles. The van der Waals surface area contributed by atoms with Crippen LogP contribution in [0.4, 0.5) is 97.0 Å². The van der Waals surface area contributed by atoms with Gasteiger partial charge in [0.05, 0.1) is 0 Å². The van der Waals surface area contributed by atoms with Crippen LogP contribution < -0.4 is 0 Å². The summed E-state index contributed by atoms with van der Waals surface area (Å²) in [5.74, 6) is 0. The highest BCUT2D eigenvalue weighted by Crippen LogP contribution is 2.55. The van der Waals surface area contributed by atoms with E-state index in [1.165, 1.54) is 0 Å². The van der Waals surface area contributed by atoms with Crippen LogP contribution >= 0.6 is 0 Å². The molecule has 0 aromatic rings. The smallest absolute Gasteiger partial charge is 0.408 e. The van der Waals surface area contributed by atoms with Crippen LogP contribution in [-0.2, 0) is 9.47 Å². The van der Waals surface area contributed by atoms with Gasteiger partial charge in [-0.05, 0) is 13.8 Å². The Balaban J connectivity index is 0. The van der Waals surface area contributed by atoms with Crippen molar-refractivity contribution >= 4 is 6.16 Å². The molecule has 0 spiro atoms. The summed E-state index contributed by atoms with van der Waals surface area (Å²) in [6.07, 6.45) is -51.7. The van der Waals surface area contributed by atoms with Crippen LogP contribution in [0.25, 0.3) is 0 Å². The number of carbonyl (C=O) groups excluding carboxylic acids is 1. The Labute approximate surface area is 193 Å². The number of halogens is 21. The minimum absolute atomic E-state index is 0.340. The molecule has 0 aromatic heterocycles. The lowest BCUT2D eigenvalue weighted by atomic mass is 10.0. The van der Waals surface area contributed by atoms with Gasteiger partial charge in [-0.1, -0.05) is 0 Å². The number of alkyl halides is 21. The molecule has 0 aliphatic rings. The zero-order valence-corrected chi connectivity index (χ0v) is 17.1. The predicted molar refractivity (Wildman–Crippen MR) is 71.7 cm³/mol. The van der Waals surface area contributed by atoms with Crippen molar-refractivity contribution in [1.82, 2.24) is 0 Å². The van der Waals surface area contributed by atoms with Crippen molar-refractivity contribution in [2.24, 2.45) is 0 Å². The number of hydrogen-bond acceptors (Lipinski definition) is 4. The first-order valence-corrected chi connectivity index (χ1v) is 7.96. The SMILES string of the molecule is CC(O)(C(F)(F)F)C(F)(F)F.CC(OC(=O)OC(C(F)(F)F)(C(F)(F)F)C(F)(F)F)(C(F)(F)F)C(F)(F)F. The molecule has 0 rings (SSSR count). The third-order valence-corrected chi connectivity index (χ3v) is 3.91. The number of hydrogen-bond donors (Lipinski definition) is 1. The van der Waals surface area contributed by atoms with E-state index in [4.69, 9.17) is 5.11 Å². The van der Waals surface area contributed by atoms with Gasteiger partial charge in [0, 0.05) is 0 Å². The summed E-state index contributed by atoms with van der Waals surface area (Å²) in [7, 11) is 0.